The van der Waals surface area contributed by atoms with Crippen LogP contribution in [0.2, 0.25) is 0 Å². The molecule has 1 N–H and O–H groups in total. The minimum absolute atomic E-state index is 0.0546. The minimum Gasteiger partial charge on any atom is -0.355 e. The fourth-order valence-corrected chi connectivity index (χ4v) is 3.72. The number of fused-ring (bicyclic) bond motifs is 3. The van der Waals surface area contributed by atoms with Gasteiger partial charge in [0.15, 0.2) is 11.3 Å². The van der Waals surface area contributed by atoms with E-state index in [9.17, 15) is 4.79 Å². The predicted octanol–water partition coefficient (Wildman–Crippen LogP) is 3.75. The van der Waals surface area contributed by atoms with E-state index >= 15 is 0 Å². The highest BCUT2D eigenvalue weighted by atomic mass is 16.1. The van der Waals surface area contributed by atoms with E-state index < -0.39 is 0 Å². The Morgan fingerprint density at radius 1 is 1.14 bits per heavy atom. The van der Waals surface area contributed by atoms with Crippen LogP contribution in [-0.2, 0) is 11.2 Å². The number of rotatable bonds is 6. The number of carbonyl (C=O) groups is 1. The standard InChI is InChI=1S/C23H25N5O/c1-15(18-8-5-4-6-9-18)14-25-21(29)12-11-19-16(2)26-23-20-10-7-13-24-22(20)27-28(23)17(19)3/h4-10,13,15H,11-12,14H2,1-3H3,(H,25,29)/t15-/m1/s1. The second kappa shape index (κ2) is 7.99. The molecule has 0 fully saturated rings. The fourth-order valence-electron chi connectivity index (χ4n) is 3.72. The Hall–Kier alpha value is -3.28. The van der Waals surface area contributed by atoms with Crippen molar-refractivity contribution in [2.45, 2.75) is 39.5 Å². The summed E-state index contributed by atoms with van der Waals surface area (Å²) in [6, 6.07) is 14.1. The molecule has 3 heterocycles. The van der Waals surface area contributed by atoms with Crippen molar-refractivity contribution < 1.29 is 4.79 Å². The van der Waals surface area contributed by atoms with E-state index in [1.807, 2.05) is 48.7 Å². The number of amides is 1. The van der Waals surface area contributed by atoms with Crippen molar-refractivity contribution in [2.75, 3.05) is 6.54 Å². The number of aromatic nitrogens is 4. The molecular formula is C23H25N5O. The Bertz CT molecular complexity index is 1170. The average Bonchev–Trinajstić information content (AvgIpc) is 3.11. The van der Waals surface area contributed by atoms with Gasteiger partial charge in [-0.15, -0.1) is 5.10 Å². The molecule has 0 bridgehead atoms. The molecule has 1 aromatic carbocycles. The highest BCUT2D eigenvalue weighted by molar-refractivity contribution is 5.89. The Labute approximate surface area is 170 Å². The lowest BCUT2D eigenvalue weighted by molar-refractivity contribution is -0.121. The molecule has 1 amide bonds. The summed E-state index contributed by atoms with van der Waals surface area (Å²) < 4.78 is 1.84. The van der Waals surface area contributed by atoms with Gasteiger partial charge >= 0.3 is 0 Å². The van der Waals surface area contributed by atoms with Gasteiger partial charge in [-0.2, -0.15) is 0 Å². The lowest BCUT2D eigenvalue weighted by Gasteiger charge is -2.14. The van der Waals surface area contributed by atoms with Crippen LogP contribution in [-0.4, -0.2) is 32.0 Å². The van der Waals surface area contributed by atoms with Crippen LogP contribution in [0.15, 0.2) is 48.7 Å². The molecule has 6 nitrogen and oxygen atoms in total. The first-order valence-corrected chi connectivity index (χ1v) is 9.95. The number of carbonyl (C=O) groups excluding carboxylic acids is 1. The van der Waals surface area contributed by atoms with Crippen LogP contribution >= 0.6 is 0 Å². The number of pyridine rings is 1. The molecule has 0 aliphatic rings. The van der Waals surface area contributed by atoms with Crippen LogP contribution in [0.4, 0.5) is 0 Å². The number of nitrogens with zero attached hydrogens (tertiary/aromatic N) is 4. The molecule has 0 saturated carbocycles. The zero-order valence-corrected chi connectivity index (χ0v) is 17.0. The van der Waals surface area contributed by atoms with Crippen LogP contribution in [0.25, 0.3) is 16.7 Å². The Morgan fingerprint density at radius 3 is 2.72 bits per heavy atom. The summed E-state index contributed by atoms with van der Waals surface area (Å²) in [7, 11) is 0. The Morgan fingerprint density at radius 2 is 1.93 bits per heavy atom. The van der Waals surface area contributed by atoms with Crippen molar-refractivity contribution in [1.82, 2.24) is 24.9 Å². The van der Waals surface area contributed by atoms with Crippen molar-refractivity contribution in [2.24, 2.45) is 0 Å². The summed E-state index contributed by atoms with van der Waals surface area (Å²) in [5.41, 5.74) is 5.74. The van der Waals surface area contributed by atoms with Crippen molar-refractivity contribution >= 4 is 22.6 Å². The first-order chi connectivity index (χ1) is 14.0. The van der Waals surface area contributed by atoms with E-state index in [1.54, 1.807) is 6.20 Å². The molecule has 1 atom stereocenters. The van der Waals surface area contributed by atoms with Gasteiger partial charge in [0.1, 0.15) is 0 Å². The zero-order chi connectivity index (χ0) is 20.4. The maximum Gasteiger partial charge on any atom is 0.220 e. The summed E-state index contributed by atoms with van der Waals surface area (Å²) in [5.74, 6) is 0.338. The van der Waals surface area contributed by atoms with Gasteiger partial charge in [0.2, 0.25) is 5.91 Å². The average molecular weight is 387 g/mol. The molecule has 0 radical (unpaired) electrons. The molecule has 0 aliphatic carbocycles. The monoisotopic (exact) mass is 387 g/mol. The molecule has 0 unspecified atom stereocenters. The SMILES string of the molecule is Cc1nc2c3cccnc3nn2c(C)c1CCC(=O)NC[C@@H](C)c1ccccc1. The van der Waals surface area contributed by atoms with Crippen LogP contribution in [0, 0.1) is 13.8 Å². The molecule has 3 aromatic heterocycles. The molecule has 6 heteroatoms. The van der Waals surface area contributed by atoms with Gasteiger partial charge in [-0.3, -0.25) is 4.79 Å². The van der Waals surface area contributed by atoms with E-state index in [4.69, 9.17) is 4.98 Å². The summed E-state index contributed by atoms with van der Waals surface area (Å²) in [6.07, 6.45) is 2.80. The first-order valence-electron chi connectivity index (χ1n) is 9.95. The topological polar surface area (TPSA) is 72.2 Å². The smallest absolute Gasteiger partial charge is 0.220 e. The number of hydrogen-bond acceptors (Lipinski definition) is 4. The molecule has 0 spiro atoms. The third-order valence-corrected chi connectivity index (χ3v) is 5.46. The Balaban J connectivity index is 1.45. The highest BCUT2D eigenvalue weighted by Gasteiger charge is 2.15. The van der Waals surface area contributed by atoms with Gasteiger partial charge in [-0.25, -0.2) is 14.5 Å². The largest absolute Gasteiger partial charge is 0.355 e. The molecule has 4 rings (SSSR count). The van der Waals surface area contributed by atoms with Gasteiger partial charge in [0.05, 0.1) is 5.39 Å². The number of benzene rings is 1. The van der Waals surface area contributed by atoms with Gasteiger partial charge < -0.3 is 5.32 Å². The first kappa shape index (κ1) is 19.1. The lowest BCUT2D eigenvalue weighted by atomic mass is 10.0. The third-order valence-electron chi connectivity index (χ3n) is 5.46. The summed E-state index contributed by atoms with van der Waals surface area (Å²) in [4.78, 5) is 21.5. The van der Waals surface area contributed by atoms with Gasteiger partial charge in [0, 0.05) is 30.6 Å². The van der Waals surface area contributed by atoms with Crippen LogP contribution in [0.1, 0.15) is 41.8 Å². The van der Waals surface area contributed by atoms with Crippen molar-refractivity contribution in [1.29, 1.82) is 0 Å². The van der Waals surface area contributed by atoms with Crippen LogP contribution in [0.3, 0.4) is 0 Å². The zero-order valence-electron chi connectivity index (χ0n) is 17.0. The van der Waals surface area contributed by atoms with Gasteiger partial charge in [-0.1, -0.05) is 37.3 Å². The quantitative estimate of drug-likeness (QED) is 0.547. The van der Waals surface area contributed by atoms with E-state index in [1.165, 1.54) is 5.56 Å². The van der Waals surface area contributed by atoms with E-state index in [2.05, 4.69) is 34.5 Å². The maximum absolute atomic E-state index is 12.4. The summed E-state index contributed by atoms with van der Waals surface area (Å²) >= 11 is 0. The van der Waals surface area contributed by atoms with E-state index in [-0.39, 0.29) is 11.8 Å². The normalized spacial score (nSPS) is 12.4. The summed E-state index contributed by atoms with van der Waals surface area (Å²) in [5, 5.41) is 8.58. The van der Waals surface area contributed by atoms with Crippen molar-refractivity contribution in [3.63, 3.8) is 0 Å². The molecule has 148 valence electrons. The maximum atomic E-state index is 12.4. The number of nitrogens with one attached hydrogen (secondary N) is 1. The van der Waals surface area contributed by atoms with Crippen molar-refractivity contribution in [3.8, 4) is 0 Å². The van der Waals surface area contributed by atoms with Gasteiger partial charge in [-0.05, 0) is 49.4 Å². The second-order valence-corrected chi connectivity index (χ2v) is 7.49. The number of hydrogen-bond donors (Lipinski definition) is 1. The second-order valence-electron chi connectivity index (χ2n) is 7.49. The van der Waals surface area contributed by atoms with Crippen LogP contribution in [0.5, 0.6) is 0 Å². The molecule has 0 aliphatic heterocycles. The summed E-state index contributed by atoms with van der Waals surface area (Å²) in [6.45, 7) is 6.78. The third kappa shape index (κ3) is 3.83. The molecular weight excluding hydrogens is 362 g/mol. The fraction of sp³-hybridized carbons (Fsp3) is 0.304. The number of aryl methyl sites for hydroxylation is 2. The molecule has 29 heavy (non-hydrogen) atoms. The predicted molar refractivity (Wildman–Crippen MR) is 114 cm³/mol. The van der Waals surface area contributed by atoms with E-state index in [0.29, 0.717) is 25.0 Å². The van der Waals surface area contributed by atoms with Crippen molar-refractivity contribution in [3.05, 3.63) is 71.2 Å². The Kier molecular flexibility index (Phi) is 5.25. The minimum atomic E-state index is 0.0546. The highest BCUT2D eigenvalue weighted by Crippen LogP contribution is 2.22. The lowest BCUT2D eigenvalue weighted by Crippen LogP contribution is -2.27. The van der Waals surface area contributed by atoms with Gasteiger partial charge in [0.25, 0.3) is 0 Å². The van der Waals surface area contributed by atoms with Crippen LogP contribution < -0.4 is 5.32 Å². The molecule has 0 saturated heterocycles. The van der Waals surface area contributed by atoms with E-state index in [0.717, 1.165) is 28.0 Å². The molecule has 4 aromatic rings.